The number of ketones is 2. The molecule has 1 aliphatic heterocycles. The maximum absolute atomic E-state index is 13.1. The van der Waals surface area contributed by atoms with Crippen molar-refractivity contribution in [1.29, 1.82) is 0 Å². The normalized spacial score (nSPS) is 19.6. The van der Waals surface area contributed by atoms with Crippen molar-refractivity contribution in [1.82, 2.24) is 4.90 Å². The van der Waals surface area contributed by atoms with Crippen LogP contribution >= 0.6 is 0 Å². The van der Waals surface area contributed by atoms with E-state index in [4.69, 9.17) is 9.47 Å². The van der Waals surface area contributed by atoms with Crippen molar-refractivity contribution in [3.63, 3.8) is 0 Å². The van der Waals surface area contributed by atoms with Gasteiger partial charge in [0.25, 0.3) is 0 Å². The van der Waals surface area contributed by atoms with Gasteiger partial charge >= 0.3 is 0 Å². The van der Waals surface area contributed by atoms with Crippen LogP contribution in [0.3, 0.4) is 0 Å². The number of ether oxygens (including phenoxy) is 2. The van der Waals surface area contributed by atoms with Gasteiger partial charge in [0.15, 0.2) is 23.1 Å². The fourth-order valence-corrected chi connectivity index (χ4v) is 5.06. The number of nitrogens with zero attached hydrogens (tertiary/aromatic N) is 1. The number of hydrogen-bond donors (Lipinski definition) is 0. The van der Waals surface area contributed by atoms with Crippen LogP contribution in [0.25, 0.3) is 0 Å². The monoisotopic (exact) mass is 407 g/mol. The van der Waals surface area contributed by atoms with Gasteiger partial charge in [0.1, 0.15) is 6.61 Å². The first-order valence-electron chi connectivity index (χ1n) is 10.8. The van der Waals surface area contributed by atoms with Crippen molar-refractivity contribution in [3.05, 3.63) is 59.0 Å². The van der Waals surface area contributed by atoms with E-state index in [1.54, 1.807) is 13.2 Å². The second kappa shape index (κ2) is 8.50. The summed E-state index contributed by atoms with van der Waals surface area (Å²) < 4.78 is 11.3. The molecule has 2 aliphatic carbocycles. The van der Waals surface area contributed by atoms with Gasteiger partial charge in [-0.3, -0.25) is 9.59 Å². The first-order valence-corrected chi connectivity index (χ1v) is 10.8. The molecule has 3 aliphatic rings. The molecule has 1 aromatic rings. The van der Waals surface area contributed by atoms with E-state index < -0.39 is 0 Å². The summed E-state index contributed by atoms with van der Waals surface area (Å²) >= 11 is 0. The van der Waals surface area contributed by atoms with Crippen molar-refractivity contribution < 1.29 is 19.1 Å². The topological polar surface area (TPSA) is 55.8 Å². The molecule has 30 heavy (non-hydrogen) atoms. The van der Waals surface area contributed by atoms with Crippen LogP contribution < -0.4 is 9.47 Å². The number of carbonyl (C=O) groups is 2. The molecule has 0 aromatic heterocycles. The molecule has 1 heterocycles. The summed E-state index contributed by atoms with van der Waals surface area (Å²) in [5.74, 6) is 1.23. The lowest BCUT2D eigenvalue weighted by Gasteiger charge is -2.43. The third-order valence-electron chi connectivity index (χ3n) is 6.28. The molecule has 5 nitrogen and oxygen atoms in total. The highest BCUT2D eigenvalue weighted by Gasteiger charge is 2.42. The van der Waals surface area contributed by atoms with Crippen LogP contribution in [0.5, 0.6) is 11.5 Å². The Kier molecular flexibility index (Phi) is 5.80. The highest BCUT2D eigenvalue weighted by atomic mass is 16.5. The van der Waals surface area contributed by atoms with E-state index in [9.17, 15) is 9.59 Å². The van der Waals surface area contributed by atoms with Crippen LogP contribution in [-0.4, -0.2) is 36.7 Å². The van der Waals surface area contributed by atoms with Gasteiger partial charge in [0.2, 0.25) is 0 Å². The lowest BCUT2D eigenvalue weighted by molar-refractivity contribution is -0.117. The number of hydrogen-bond acceptors (Lipinski definition) is 5. The minimum atomic E-state index is -0.319. The lowest BCUT2D eigenvalue weighted by Crippen LogP contribution is -2.39. The molecular formula is C25H29NO4. The first-order chi connectivity index (χ1) is 14.6. The molecule has 0 N–H and O–H groups in total. The highest BCUT2D eigenvalue weighted by Crippen LogP contribution is 2.49. The Balaban J connectivity index is 1.89. The first kappa shape index (κ1) is 20.5. The van der Waals surface area contributed by atoms with E-state index >= 15 is 0 Å². The molecule has 5 heteroatoms. The van der Waals surface area contributed by atoms with Crippen molar-refractivity contribution in [2.45, 2.75) is 51.4 Å². The molecule has 4 rings (SSSR count). The second-order valence-electron chi connectivity index (χ2n) is 7.96. The zero-order chi connectivity index (χ0) is 21.3. The van der Waals surface area contributed by atoms with Crippen molar-refractivity contribution in [2.24, 2.45) is 0 Å². The summed E-state index contributed by atoms with van der Waals surface area (Å²) in [5, 5.41) is 0. The second-order valence-corrected chi connectivity index (χ2v) is 7.96. The van der Waals surface area contributed by atoms with Crippen LogP contribution in [0.15, 0.2) is 53.4 Å². The molecule has 0 radical (unpaired) electrons. The number of benzene rings is 1. The van der Waals surface area contributed by atoms with Gasteiger partial charge in [-0.1, -0.05) is 18.7 Å². The summed E-state index contributed by atoms with van der Waals surface area (Å²) in [6.45, 7) is 6.95. The molecule has 158 valence electrons. The van der Waals surface area contributed by atoms with E-state index in [0.717, 1.165) is 60.3 Å². The molecule has 0 spiro atoms. The zero-order valence-electron chi connectivity index (χ0n) is 17.8. The van der Waals surface area contributed by atoms with E-state index in [-0.39, 0.29) is 17.5 Å². The van der Waals surface area contributed by atoms with Crippen LogP contribution in [0, 0.1) is 0 Å². The lowest BCUT2D eigenvalue weighted by atomic mass is 9.71. The van der Waals surface area contributed by atoms with E-state index in [1.807, 2.05) is 18.2 Å². The molecule has 0 amide bonds. The van der Waals surface area contributed by atoms with Crippen LogP contribution in [0.1, 0.15) is 56.9 Å². The summed E-state index contributed by atoms with van der Waals surface area (Å²) in [5.41, 5.74) is 4.74. The molecule has 0 saturated heterocycles. The fraction of sp³-hybridized carbons (Fsp3) is 0.440. The predicted molar refractivity (Wildman–Crippen MR) is 116 cm³/mol. The van der Waals surface area contributed by atoms with Gasteiger partial charge in [-0.05, 0) is 50.3 Å². The zero-order valence-corrected chi connectivity index (χ0v) is 17.8. The minimum Gasteiger partial charge on any atom is -0.493 e. The fourth-order valence-electron chi connectivity index (χ4n) is 5.06. The molecule has 0 unspecified atom stereocenters. The Morgan fingerprint density at radius 1 is 1.03 bits per heavy atom. The minimum absolute atomic E-state index is 0.163. The van der Waals surface area contributed by atoms with Gasteiger partial charge in [-0.2, -0.15) is 0 Å². The van der Waals surface area contributed by atoms with Crippen molar-refractivity contribution >= 4 is 11.6 Å². The Morgan fingerprint density at radius 3 is 2.20 bits per heavy atom. The van der Waals surface area contributed by atoms with Gasteiger partial charge in [0, 0.05) is 47.8 Å². The van der Waals surface area contributed by atoms with Crippen LogP contribution in [0.4, 0.5) is 0 Å². The van der Waals surface area contributed by atoms with Gasteiger partial charge in [-0.25, -0.2) is 0 Å². The summed E-state index contributed by atoms with van der Waals surface area (Å²) in [6.07, 6.45) is 6.28. The van der Waals surface area contributed by atoms with Crippen LogP contribution in [-0.2, 0) is 9.59 Å². The number of rotatable bonds is 6. The Morgan fingerprint density at radius 2 is 1.67 bits per heavy atom. The molecule has 0 bridgehead atoms. The quantitative estimate of drug-likeness (QED) is 0.640. The third-order valence-corrected chi connectivity index (χ3v) is 6.28. The predicted octanol–water partition coefficient (Wildman–Crippen LogP) is 4.69. The SMILES string of the molecule is C=CCOc1ccc(C2C3=C(CCCC3=O)N(CC)C3=C2C(=O)CCC3)cc1OC. The van der Waals surface area contributed by atoms with Gasteiger partial charge in [-0.15, -0.1) is 0 Å². The van der Waals surface area contributed by atoms with Gasteiger partial charge < -0.3 is 14.4 Å². The smallest absolute Gasteiger partial charge is 0.161 e. The molecular weight excluding hydrogens is 378 g/mol. The maximum Gasteiger partial charge on any atom is 0.161 e. The number of carbonyl (C=O) groups excluding carboxylic acids is 2. The molecule has 0 fully saturated rings. The number of allylic oxidation sites excluding steroid dienone is 4. The average molecular weight is 408 g/mol. The summed E-state index contributed by atoms with van der Waals surface area (Å²) in [6, 6.07) is 5.75. The van der Waals surface area contributed by atoms with Crippen LogP contribution in [0.2, 0.25) is 0 Å². The molecule has 1 aromatic carbocycles. The Bertz CT molecular complexity index is 912. The molecule has 0 atom stereocenters. The Hall–Kier alpha value is -2.82. The van der Waals surface area contributed by atoms with Crippen molar-refractivity contribution in [2.75, 3.05) is 20.3 Å². The highest BCUT2D eigenvalue weighted by molar-refractivity contribution is 6.06. The number of methoxy groups -OCH3 is 1. The van der Waals surface area contributed by atoms with E-state index in [1.165, 1.54) is 0 Å². The van der Waals surface area contributed by atoms with Gasteiger partial charge in [0.05, 0.1) is 7.11 Å². The third kappa shape index (κ3) is 3.36. The van der Waals surface area contributed by atoms with E-state index in [2.05, 4.69) is 18.4 Å². The number of Topliss-reactive ketones (excluding diaryl/α,β-unsaturated/α-hetero) is 2. The van der Waals surface area contributed by atoms with E-state index in [0.29, 0.717) is 30.9 Å². The Labute approximate surface area is 178 Å². The largest absolute Gasteiger partial charge is 0.493 e. The standard InChI is InChI=1S/C25H29NO4/c1-4-14-30-21-13-12-16(15-22(21)29-3)23-24-17(8-6-10-19(24)27)26(5-2)18-9-7-11-20(28)25(18)23/h4,12-13,15,23H,1,5-11,14H2,2-3H3. The molecule has 0 saturated carbocycles. The summed E-state index contributed by atoms with van der Waals surface area (Å²) in [4.78, 5) is 28.5. The van der Waals surface area contributed by atoms with Crippen molar-refractivity contribution in [3.8, 4) is 11.5 Å². The summed E-state index contributed by atoms with van der Waals surface area (Å²) in [7, 11) is 1.60. The average Bonchev–Trinajstić information content (AvgIpc) is 2.76. The maximum atomic E-state index is 13.1.